The smallest absolute Gasteiger partial charge is 1.00 e. The Morgan fingerprint density at radius 2 is 1.17 bits per heavy atom. The van der Waals surface area contributed by atoms with Crippen molar-refractivity contribution >= 4 is 0 Å². The molecule has 0 saturated heterocycles. The zero-order chi connectivity index (χ0) is 19.1. The number of allylic oxidation sites excluding steroid dienone is 20. The van der Waals surface area contributed by atoms with E-state index in [1.807, 2.05) is 0 Å². The van der Waals surface area contributed by atoms with Crippen LogP contribution in [0, 0.1) is 0 Å². The van der Waals surface area contributed by atoms with E-state index in [2.05, 4.69) is 80.7 Å². The third-order valence-electron chi connectivity index (χ3n) is 6.35. The molecule has 0 aliphatic heterocycles. The molecule has 5 aliphatic carbocycles. The molecule has 3 heteroatoms. The van der Waals surface area contributed by atoms with Crippen LogP contribution in [0.2, 0.25) is 0 Å². The van der Waals surface area contributed by atoms with E-state index >= 15 is 0 Å². The zero-order valence-electron chi connectivity index (χ0n) is 17.6. The van der Waals surface area contributed by atoms with Gasteiger partial charge in [-0.3, -0.25) is 0 Å². The second-order valence-corrected chi connectivity index (χ2v) is 14.1. The summed E-state index contributed by atoms with van der Waals surface area (Å²) in [4.78, 5) is 0. The molecular weight excluding hydrogens is 486 g/mol. The molecule has 0 N–H and O–H groups in total. The van der Waals surface area contributed by atoms with E-state index in [-0.39, 0.29) is 24.8 Å². The fourth-order valence-electron chi connectivity index (χ4n) is 5.10. The van der Waals surface area contributed by atoms with Crippen LogP contribution in [0.1, 0.15) is 46.0 Å². The molecule has 0 amide bonds. The predicted octanol–water partition coefficient (Wildman–Crippen LogP) is 1.44. The van der Waals surface area contributed by atoms with Gasteiger partial charge < -0.3 is 24.8 Å². The van der Waals surface area contributed by atoms with E-state index in [0.717, 1.165) is 6.42 Å². The van der Waals surface area contributed by atoms with Crippen molar-refractivity contribution in [2.75, 3.05) is 0 Å². The van der Waals surface area contributed by atoms with Gasteiger partial charge in [0.05, 0.1) is 0 Å². The molecule has 0 heterocycles. The van der Waals surface area contributed by atoms with Gasteiger partial charge in [-0.1, -0.05) is 0 Å². The molecule has 0 saturated carbocycles. The molecule has 0 aromatic carbocycles. The van der Waals surface area contributed by atoms with Crippen molar-refractivity contribution in [2.24, 2.45) is 0 Å². The molecule has 0 radical (unpaired) electrons. The molecule has 0 fully saturated rings. The van der Waals surface area contributed by atoms with Gasteiger partial charge in [-0.25, -0.2) is 0 Å². The van der Waals surface area contributed by atoms with Crippen LogP contribution in [0.25, 0.3) is 0 Å². The summed E-state index contributed by atoms with van der Waals surface area (Å²) in [5.41, 5.74) is 9.34. The van der Waals surface area contributed by atoms with Gasteiger partial charge in [-0.15, -0.1) is 0 Å². The average Bonchev–Trinajstić information content (AvgIpc) is 3.28. The summed E-state index contributed by atoms with van der Waals surface area (Å²) in [7, 11) is 0. The minimum atomic E-state index is -2.25. The summed E-state index contributed by atoms with van der Waals surface area (Å²) in [6.45, 7) is 4.73. The van der Waals surface area contributed by atoms with Gasteiger partial charge in [-0.05, 0) is 0 Å². The Labute approximate surface area is 201 Å². The molecule has 0 aromatic rings. The van der Waals surface area contributed by atoms with E-state index in [1.54, 1.807) is 32.1 Å². The second kappa shape index (κ2) is 9.99. The van der Waals surface area contributed by atoms with Gasteiger partial charge in [0.2, 0.25) is 0 Å². The number of rotatable bonds is 3. The summed E-state index contributed by atoms with van der Waals surface area (Å²) in [6.07, 6.45) is 32.0. The van der Waals surface area contributed by atoms with Crippen molar-refractivity contribution in [1.82, 2.24) is 0 Å². The van der Waals surface area contributed by atoms with Gasteiger partial charge in [0.25, 0.3) is 0 Å². The van der Waals surface area contributed by atoms with Crippen LogP contribution in [-0.2, 0) is 21.8 Å². The van der Waals surface area contributed by atoms with Gasteiger partial charge in [-0.2, -0.15) is 0 Å². The van der Waals surface area contributed by atoms with Crippen molar-refractivity contribution in [3.05, 3.63) is 110 Å². The number of fused-ring (bicyclic) bond motifs is 2. The van der Waals surface area contributed by atoms with Gasteiger partial charge in [0.15, 0.2) is 0 Å². The SMILES string of the molecule is CC1=[C]([Zr+2]([C]2=CC=CC2)[C]2=C(C)C=C3CCC=CC=C32)C2=CC=CCCC2=C1.[Cl-].[Cl-]. The van der Waals surface area contributed by atoms with Crippen LogP contribution in [0.5, 0.6) is 0 Å². The molecule has 0 bridgehead atoms. The summed E-state index contributed by atoms with van der Waals surface area (Å²) < 4.78 is 5.20. The topological polar surface area (TPSA) is 0 Å². The number of hydrogen-bond acceptors (Lipinski definition) is 0. The fourth-order valence-corrected chi connectivity index (χ4v) is 13.6. The molecule has 5 aliphatic rings. The Kier molecular flexibility index (Phi) is 7.83. The van der Waals surface area contributed by atoms with E-state index in [0.29, 0.717) is 0 Å². The van der Waals surface area contributed by atoms with E-state index in [9.17, 15) is 0 Å². The fraction of sp³-hybridized carbons (Fsp3) is 0.259. The first-order chi connectivity index (χ1) is 13.7. The maximum atomic E-state index is 2.50. The monoisotopic (exact) mass is 511 g/mol. The molecular formula is C27H27Cl2Zr. The van der Waals surface area contributed by atoms with E-state index in [1.165, 1.54) is 36.8 Å². The predicted molar refractivity (Wildman–Crippen MR) is 116 cm³/mol. The van der Waals surface area contributed by atoms with Crippen molar-refractivity contribution < 1.29 is 46.6 Å². The van der Waals surface area contributed by atoms with Crippen molar-refractivity contribution in [2.45, 2.75) is 46.0 Å². The number of hydrogen-bond donors (Lipinski definition) is 0. The van der Waals surface area contributed by atoms with E-state index < -0.39 is 21.8 Å². The molecule has 0 nitrogen and oxygen atoms in total. The van der Waals surface area contributed by atoms with Crippen LogP contribution in [0.3, 0.4) is 0 Å². The zero-order valence-corrected chi connectivity index (χ0v) is 21.6. The van der Waals surface area contributed by atoms with Crippen LogP contribution in [0.4, 0.5) is 0 Å². The average molecular weight is 514 g/mol. The summed E-state index contributed by atoms with van der Waals surface area (Å²) >= 11 is -2.25. The molecule has 0 spiro atoms. The Hall–Kier alpha value is -1.14. The Morgan fingerprint density at radius 3 is 1.63 bits per heavy atom. The Morgan fingerprint density at radius 1 is 0.667 bits per heavy atom. The maximum Gasteiger partial charge on any atom is -1.00 e. The molecule has 0 unspecified atom stereocenters. The minimum Gasteiger partial charge on any atom is -1.00 e. The molecule has 153 valence electrons. The Bertz CT molecular complexity index is 978. The third-order valence-corrected chi connectivity index (χ3v) is 14.6. The summed E-state index contributed by atoms with van der Waals surface area (Å²) in [5.74, 6) is 0. The van der Waals surface area contributed by atoms with Crippen molar-refractivity contribution in [1.29, 1.82) is 0 Å². The number of halogens is 2. The van der Waals surface area contributed by atoms with Crippen molar-refractivity contribution in [3.63, 3.8) is 0 Å². The van der Waals surface area contributed by atoms with E-state index in [4.69, 9.17) is 0 Å². The van der Waals surface area contributed by atoms with Crippen LogP contribution >= 0.6 is 0 Å². The summed E-state index contributed by atoms with van der Waals surface area (Å²) in [5, 5.41) is 0. The van der Waals surface area contributed by atoms with Crippen LogP contribution in [-0.4, -0.2) is 0 Å². The first-order valence-corrected chi connectivity index (χ1v) is 14.2. The molecule has 0 aromatic heterocycles. The first kappa shape index (κ1) is 23.5. The molecule has 30 heavy (non-hydrogen) atoms. The van der Waals surface area contributed by atoms with Crippen LogP contribution in [0.15, 0.2) is 110 Å². The quantitative estimate of drug-likeness (QED) is 0.536. The summed E-state index contributed by atoms with van der Waals surface area (Å²) in [6, 6.07) is 0. The minimum absolute atomic E-state index is 0. The Balaban J connectivity index is 0.00000128. The molecule has 5 rings (SSSR count). The standard InChI is InChI=1S/2C11H11.C5H5.2ClH.Zr/c2*1-9-7-10-5-3-2-4-6-11(10)8-9;1-2-4-5-3-1;;;/h2*2-3,5,8H,4,6H2,1H3;1-3H,4H2;2*1H;/q;;;;;+2/p-2. The van der Waals surface area contributed by atoms with Crippen molar-refractivity contribution in [3.8, 4) is 0 Å². The van der Waals surface area contributed by atoms with Gasteiger partial charge >= 0.3 is 178 Å². The van der Waals surface area contributed by atoms with Crippen LogP contribution < -0.4 is 24.8 Å². The third kappa shape index (κ3) is 4.14. The normalized spacial score (nSPS) is 21.5. The maximum absolute atomic E-state index is 2.50. The second-order valence-electron chi connectivity index (χ2n) is 8.25. The largest absolute Gasteiger partial charge is 1.00 e. The first-order valence-electron chi connectivity index (χ1n) is 10.6. The van der Waals surface area contributed by atoms with Gasteiger partial charge in [0.1, 0.15) is 0 Å². The van der Waals surface area contributed by atoms with Gasteiger partial charge in [0, 0.05) is 0 Å². The molecule has 0 atom stereocenters.